The SMILES string of the molecule is Cc1cccc(C#Cc2cccc3c2C(=O)c2ccccc2C3=O)c1. The minimum Gasteiger partial charge on any atom is -0.289 e. The van der Waals surface area contributed by atoms with Crippen LogP contribution in [0.25, 0.3) is 0 Å². The normalized spacial score (nSPS) is 12.0. The lowest BCUT2D eigenvalue weighted by atomic mass is 9.82. The Hall–Kier alpha value is -3.44. The molecule has 25 heavy (non-hydrogen) atoms. The highest BCUT2D eigenvalue weighted by molar-refractivity contribution is 6.29. The second kappa shape index (κ2) is 5.89. The molecule has 0 aliphatic heterocycles. The smallest absolute Gasteiger partial charge is 0.195 e. The van der Waals surface area contributed by atoms with Crippen LogP contribution in [0.15, 0.2) is 66.7 Å². The van der Waals surface area contributed by atoms with E-state index in [1.165, 1.54) is 0 Å². The summed E-state index contributed by atoms with van der Waals surface area (Å²) < 4.78 is 0. The predicted octanol–water partition coefficient (Wildman–Crippen LogP) is 4.17. The van der Waals surface area contributed by atoms with Gasteiger partial charge in [-0.3, -0.25) is 9.59 Å². The summed E-state index contributed by atoms with van der Waals surface area (Å²) in [4.78, 5) is 25.6. The van der Waals surface area contributed by atoms with Crippen molar-refractivity contribution < 1.29 is 9.59 Å². The molecule has 1 aliphatic rings. The molecule has 0 aromatic heterocycles. The molecule has 0 saturated heterocycles. The second-order valence-corrected chi connectivity index (χ2v) is 6.05. The lowest BCUT2D eigenvalue weighted by Crippen LogP contribution is -2.21. The molecule has 0 amide bonds. The van der Waals surface area contributed by atoms with Crippen molar-refractivity contribution in [1.29, 1.82) is 0 Å². The monoisotopic (exact) mass is 322 g/mol. The zero-order valence-corrected chi connectivity index (χ0v) is 13.7. The van der Waals surface area contributed by atoms with Crippen LogP contribution >= 0.6 is 0 Å². The molecule has 0 heterocycles. The zero-order chi connectivity index (χ0) is 17.4. The van der Waals surface area contributed by atoms with Gasteiger partial charge in [0.05, 0.1) is 0 Å². The molecule has 0 radical (unpaired) electrons. The van der Waals surface area contributed by atoms with Gasteiger partial charge in [0.2, 0.25) is 0 Å². The van der Waals surface area contributed by atoms with E-state index in [0.29, 0.717) is 27.8 Å². The molecule has 2 nitrogen and oxygen atoms in total. The Morgan fingerprint density at radius 2 is 1.36 bits per heavy atom. The van der Waals surface area contributed by atoms with Crippen LogP contribution in [-0.2, 0) is 0 Å². The summed E-state index contributed by atoms with van der Waals surface area (Å²) in [5, 5.41) is 0. The van der Waals surface area contributed by atoms with Crippen LogP contribution < -0.4 is 0 Å². The van der Waals surface area contributed by atoms with Gasteiger partial charge in [0.15, 0.2) is 11.6 Å². The van der Waals surface area contributed by atoms with Gasteiger partial charge in [-0.2, -0.15) is 0 Å². The Kier molecular flexibility index (Phi) is 3.56. The average molecular weight is 322 g/mol. The highest BCUT2D eigenvalue weighted by atomic mass is 16.1. The fourth-order valence-corrected chi connectivity index (χ4v) is 3.11. The molecule has 1 aliphatic carbocycles. The molecular formula is C23H14O2. The number of hydrogen-bond acceptors (Lipinski definition) is 2. The van der Waals surface area contributed by atoms with Crippen LogP contribution in [-0.4, -0.2) is 11.6 Å². The van der Waals surface area contributed by atoms with Crippen LogP contribution in [0, 0.1) is 18.8 Å². The summed E-state index contributed by atoms with van der Waals surface area (Å²) in [5.41, 5.74) is 4.35. The second-order valence-electron chi connectivity index (χ2n) is 6.05. The number of ketones is 2. The summed E-state index contributed by atoms with van der Waals surface area (Å²) in [5.74, 6) is 5.91. The Morgan fingerprint density at radius 3 is 2.12 bits per heavy atom. The number of carbonyl (C=O) groups is 2. The van der Waals surface area contributed by atoms with E-state index in [1.54, 1.807) is 42.5 Å². The molecule has 0 spiro atoms. The van der Waals surface area contributed by atoms with Crippen molar-refractivity contribution in [3.63, 3.8) is 0 Å². The van der Waals surface area contributed by atoms with Crippen molar-refractivity contribution in [2.45, 2.75) is 6.92 Å². The molecule has 0 atom stereocenters. The van der Waals surface area contributed by atoms with E-state index in [1.807, 2.05) is 31.2 Å². The molecule has 4 rings (SSSR count). The Balaban J connectivity index is 1.86. The van der Waals surface area contributed by atoms with Crippen molar-refractivity contribution in [3.8, 4) is 11.8 Å². The topological polar surface area (TPSA) is 34.1 Å². The van der Waals surface area contributed by atoms with E-state index in [4.69, 9.17) is 0 Å². The van der Waals surface area contributed by atoms with Gasteiger partial charge in [-0.1, -0.05) is 60.4 Å². The molecule has 0 saturated carbocycles. The third-order valence-corrected chi connectivity index (χ3v) is 4.31. The largest absolute Gasteiger partial charge is 0.289 e. The maximum absolute atomic E-state index is 12.9. The number of rotatable bonds is 0. The van der Waals surface area contributed by atoms with E-state index in [-0.39, 0.29) is 11.6 Å². The Bertz CT molecular complexity index is 1090. The third kappa shape index (κ3) is 2.56. The highest BCUT2D eigenvalue weighted by Crippen LogP contribution is 2.29. The lowest BCUT2D eigenvalue weighted by molar-refractivity contribution is 0.0979. The lowest BCUT2D eigenvalue weighted by Gasteiger charge is -2.18. The average Bonchev–Trinajstić information content (AvgIpc) is 2.64. The van der Waals surface area contributed by atoms with Crippen molar-refractivity contribution in [1.82, 2.24) is 0 Å². The first-order valence-electron chi connectivity index (χ1n) is 8.05. The maximum Gasteiger partial charge on any atom is 0.195 e. The number of carbonyl (C=O) groups excluding carboxylic acids is 2. The van der Waals surface area contributed by atoms with Gasteiger partial charge in [0.25, 0.3) is 0 Å². The molecular weight excluding hydrogens is 308 g/mol. The zero-order valence-electron chi connectivity index (χ0n) is 13.7. The maximum atomic E-state index is 12.9. The molecule has 2 heteroatoms. The summed E-state index contributed by atoms with van der Waals surface area (Å²) in [6, 6.07) is 20.1. The Morgan fingerprint density at radius 1 is 0.680 bits per heavy atom. The standard InChI is InChI=1S/C23H14O2/c1-15-6-4-7-16(14-15)12-13-17-8-5-11-20-21(17)23(25)19-10-3-2-9-18(19)22(20)24/h2-11,14H,1H3. The fraction of sp³-hybridized carbons (Fsp3) is 0.0435. The summed E-state index contributed by atoms with van der Waals surface area (Å²) >= 11 is 0. The molecule has 0 fully saturated rings. The van der Waals surface area contributed by atoms with Crippen molar-refractivity contribution in [2.24, 2.45) is 0 Å². The highest BCUT2D eigenvalue weighted by Gasteiger charge is 2.30. The van der Waals surface area contributed by atoms with Gasteiger partial charge in [-0.15, -0.1) is 0 Å². The van der Waals surface area contributed by atoms with Gasteiger partial charge >= 0.3 is 0 Å². The molecule has 0 unspecified atom stereocenters. The van der Waals surface area contributed by atoms with Gasteiger partial charge < -0.3 is 0 Å². The fourth-order valence-electron chi connectivity index (χ4n) is 3.11. The summed E-state index contributed by atoms with van der Waals surface area (Å²) in [6.07, 6.45) is 0. The number of aryl methyl sites for hydroxylation is 1. The van der Waals surface area contributed by atoms with Gasteiger partial charge in [-0.25, -0.2) is 0 Å². The van der Waals surface area contributed by atoms with Crippen molar-refractivity contribution in [3.05, 3.63) is 106 Å². The van der Waals surface area contributed by atoms with E-state index >= 15 is 0 Å². The third-order valence-electron chi connectivity index (χ3n) is 4.31. The number of benzene rings is 3. The summed E-state index contributed by atoms with van der Waals surface area (Å²) in [7, 11) is 0. The van der Waals surface area contributed by atoms with Crippen molar-refractivity contribution in [2.75, 3.05) is 0 Å². The van der Waals surface area contributed by atoms with Gasteiger partial charge in [0.1, 0.15) is 0 Å². The van der Waals surface area contributed by atoms with Crippen LogP contribution in [0.3, 0.4) is 0 Å². The Labute approximate surface area is 146 Å². The van der Waals surface area contributed by atoms with E-state index in [9.17, 15) is 9.59 Å². The van der Waals surface area contributed by atoms with Crippen molar-refractivity contribution >= 4 is 11.6 Å². The van der Waals surface area contributed by atoms with Crippen LogP contribution in [0.2, 0.25) is 0 Å². The quantitative estimate of drug-likeness (QED) is 0.455. The van der Waals surface area contributed by atoms with Crippen LogP contribution in [0.4, 0.5) is 0 Å². The predicted molar refractivity (Wildman–Crippen MR) is 96.9 cm³/mol. The number of fused-ring (bicyclic) bond motifs is 2. The van der Waals surface area contributed by atoms with E-state index < -0.39 is 0 Å². The first-order chi connectivity index (χ1) is 12.1. The molecule has 3 aromatic rings. The van der Waals surface area contributed by atoms with E-state index in [0.717, 1.165) is 11.1 Å². The minimum atomic E-state index is -0.139. The minimum absolute atomic E-state index is 0.121. The van der Waals surface area contributed by atoms with Crippen LogP contribution in [0.5, 0.6) is 0 Å². The number of hydrogen-bond donors (Lipinski definition) is 0. The first-order valence-corrected chi connectivity index (χ1v) is 8.05. The molecule has 0 bridgehead atoms. The van der Waals surface area contributed by atoms with Crippen LogP contribution in [0.1, 0.15) is 48.5 Å². The van der Waals surface area contributed by atoms with E-state index in [2.05, 4.69) is 11.8 Å². The van der Waals surface area contributed by atoms with Gasteiger partial charge in [0, 0.05) is 33.4 Å². The summed E-state index contributed by atoms with van der Waals surface area (Å²) in [6.45, 7) is 2.01. The molecule has 3 aromatic carbocycles. The van der Waals surface area contributed by atoms with Gasteiger partial charge in [-0.05, 0) is 30.7 Å². The first kappa shape index (κ1) is 15.1. The molecule has 0 N–H and O–H groups in total. The molecule has 118 valence electrons.